The molecule has 9 heteroatoms. The lowest BCUT2D eigenvalue weighted by molar-refractivity contribution is 0.0522. The molecule has 2 aliphatic heterocycles. The zero-order chi connectivity index (χ0) is 27.9. The zero-order valence-electron chi connectivity index (χ0n) is 23.2. The van der Waals surface area contributed by atoms with Crippen LogP contribution in [0.4, 0.5) is 10.1 Å². The van der Waals surface area contributed by atoms with Gasteiger partial charge in [0.05, 0.1) is 23.9 Å². The number of anilines is 1. The second kappa shape index (κ2) is 13.1. The summed E-state index contributed by atoms with van der Waals surface area (Å²) in [5, 5.41) is 0.175. The number of benzene rings is 1. The monoisotopic (exact) mass is 539 g/mol. The molecule has 3 aromatic rings. The van der Waals surface area contributed by atoms with Crippen molar-refractivity contribution >= 4 is 22.6 Å². The molecule has 2 fully saturated rings. The molecule has 8 nitrogen and oxygen atoms in total. The summed E-state index contributed by atoms with van der Waals surface area (Å²) in [4.78, 5) is 32.2. The van der Waals surface area contributed by atoms with Crippen LogP contribution < -0.4 is 15.1 Å². The van der Waals surface area contributed by atoms with E-state index in [-0.39, 0.29) is 29.6 Å². The number of rotatable bonds is 7. The van der Waals surface area contributed by atoms with E-state index in [1.165, 1.54) is 6.07 Å². The van der Waals surface area contributed by atoms with Crippen LogP contribution in [0.3, 0.4) is 0 Å². The van der Waals surface area contributed by atoms with Gasteiger partial charge in [-0.05, 0) is 57.7 Å². The predicted octanol–water partition coefficient (Wildman–Crippen LogP) is 5.45. The van der Waals surface area contributed by atoms with E-state index in [0.29, 0.717) is 43.4 Å². The maximum Gasteiger partial charge on any atom is 0.343 e. The standard InChI is InChI=1S/C28H32FN3O5.C2H6/c1-3-36-28(34)22-16-32(19-8-12-35-13-9-19)24-15-25(23(29)14-21(24)26(22)33)31-11-5-7-20(31)17-37-27-18(2)6-4-10-30-27;1-2/h4,6,10,14-16,19-20H,3,5,7-9,11-13,17H2,1-2H3;1-2H3. The van der Waals surface area contributed by atoms with E-state index < -0.39 is 17.2 Å². The quantitative estimate of drug-likeness (QED) is 0.370. The third-order valence-corrected chi connectivity index (χ3v) is 7.24. The maximum absolute atomic E-state index is 15.6. The number of ether oxygens (including phenoxy) is 3. The first-order valence-corrected chi connectivity index (χ1v) is 13.9. The number of nitrogens with zero attached hydrogens (tertiary/aromatic N) is 3. The van der Waals surface area contributed by atoms with E-state index in [4.69, 9.17) is 14.2 Å². The van der Waals surface area contributed by atoms with E-state index in [1.54, 1.807) is 25.4 Å². The van der Waals surface area contributed by atoms with Gasteiger partial charge < -0.3 is 23.7 Å². The summed E-state index contributed by atoms with van der Waals surface area (Å²) in [6.45, 7) is 10.0. The van der Waals surface area contributed by atoms with Gasteiger partial charge >= 0.3 is 5.97 Å². The van der Waals surface area contributed by atoms with Gasteiger partial charge in [-0.3, -0.25) is 4.79 Å². The Morgan fingerprint density at radius 2 is 1.97 bits per heavy atom. The molecule has 39 heavy (non-hydrogen) atoms. The predicted molar refractivity (Wildman–Crippen MR) is 149 cm³/mol. The molecule has 0 aliphatic carbocycles. The minimum Gasteiger partial charge on any atom is -0.475 e. The van der Waals surface area contributed by atoms with Crippen molar-refractivity contribution < 1.29 is 23.4 Å². The molecule has 2 aromatic heterocycles. The van der Waals surface area contributed by atoms with Crippen molar-refractivity contribution in [3.63, 3.8) is 0 Å². The average Bonchev–Trinajstić information content (AvgIpc) is 3.43. The van der Waals surface area contributed by atoms with Crippen molar-refractivity contribution in [1.82, 2.24) is 9.55 Å². The van der Waals surface area contributed by atoms with E-state index >= 15 is 4.39 Å². The molecule has 0 N–H and O–H groups in total. The van der Waals surface area contributed by atoms with Gasteiger partial charge in [0.1, 0.15) is 18.0 Å². The third-order valence-electron chi connectivity index (χ3n) is 7.24. The van der Waals surface area contributed by atoms with Crippen LogP contribution in [0.25, 0.3) is 10.9 Å². The Kier molecular flexibility index (Phi) is 9.56. The molecule has 0 radical (unpaired) electrons. The number of esters is 1. The summed E-state index contributed by atoms with van der Waals surface area (Å²) in [6, 6.07) is 6.81. The van der Waals surface area contributed by atoms with Gasteiger partial charge in [0, 0.05) is 49.1 Å². The van der Waals surface area contributed by atoms with Crippen LogP contribution in [0, 0.1) is 12.7 Å². The highest BCUT2D eigenvalue weighted by Crippen LogP contribution is 2.33. The fourth-order valence-electron chi connectivity index (χ4n) is 5.32. The van der Waals surface area contributed by atoms with Gasteiger partial charge in [0.25, 0.3) is 0 Å². The molecule has 210 valence electrons. The summed E-state index contributed by atoms with van der Waals surface area (Å²) < 4.78 is 34.2. The molecule has 0 saturated carbocycles. The first-order chi connectivity index (χ1) is 19.0. The molecular weight excluding hydrogens is 501 g/mol. The fraction of sp³-hybridized carbons (Fsp3) is 0.500. The summed E-state index contributed by atoms with van der Waals surface area (Å²) in [7, 11) is 0. The fourth-order valence-corrected chi connectivity index (χ4v) is 5.32. The number of aryl methyl sites for hydroxylation is 1. The van der Waals surface area contributed by atoms with Crippen LogP contribution in [-0.4, -0.2) is 54.5 Å². The van der Waals surface area contributed by atoms with E-state index in [9.17, 15) is 9.59 Å². The Morgan fingerprint density at radius 3 is 2.69 bits per heavy atom. The largest absolute Gasteiger partial charge is 0.475 e. The molecule has 0 spiro atoms. The Labute approximate surface area is 228 Å². The van der Waals surface area contributed by atoms with Crippen molar-refractivity contribution in [3.05, 3.63) is 63.8 Å². The average molecular weight is 540 g/mol. The van der Waals surface area contributed by atoms with E-state index in [0.717, 1.165) is 31.2 Å². The molecule has 2 aliphatic rings. The molecule has 4 heterocycles. The summed E-state index contributed by atoms with van der Waals surface area (Å²) >= 11 is 0. The lowest BCUT2D eigenvalue weighted by Gasteiger charge is -2.30. The van der Waals surface area contributed by atoms with Crippen LogP contribution >= 0.6 is 0 Å². The van der Waals surface area contributed by atoms with Gasteiger partial charge in [-0.1, -0.05) is 19.9 Å². The minimum atomic E-state index is -0.693. The minimum absolute atomic E-state index is 0.0215. The number of hydrogen-bond acceptors (Lipinski definition) is 7. The second-order valence-electron chi connectivity index (χ2n) is 9.59. The molecule has 0 bridgehead atoms. The van der Waals surface area contributed by atoms with Crippen LogP contribution in [0.5, 0.6) is 5.88 Å². The van der Waals surface area contributed by atoms with Crippen LogP contribution in [0.2, 0.25) is 0 Å². The van der Waals surface area contributed by atoms with Crippen molar-refractivity contribution in [3.8, 4) is 5.88 Å². The lowest BCUT2D eigenvalue weighted by Crippen LogP contribution is -2.35. The summed E-state index contributed by atoms with van der Waals surface area (Å²) in [5.74, 6) is -0.612. The molecule has 2 saturated heterocycles. The highest BCUT2D eigenvalue weighted by atomic mass is 19.1. The second-order valence-corrected chi connectivity index (χ2v) is 9.59. The molecular formula is C30H38FN3O5. The smallest absolute Gasteiger partial charge is 0.343 e. The number of hydrogen-bond donors (Lipinski definition) is 0. The summed E-state index contributed by atoms with van der Waals surface area (Å²) in [6.07, 6.45) is 6.50. The number of halogens is 1. The zero-order valence-corrected chi connectivity index (χ0v) is 23.2. The normalized spacial score (nSPS) is 17.6. The topological polar surface area (TPSA) is 82.9 Å². The lowest BCUT2D eigenvalue weighted by atomic mass is 10.0. The van der Waals surface area contributed by atoms with Gasteiger partial charge in [0.2, 0.25) is 11.3 Å². The summed E-state index contributed by atoms with van der Waals surface area (Å²) in [5.41, 5.74) is 1.39. The highest BCUT2D eigenvalue weighted by Gasteiger charge is 2.30. The SMILES string of the molecule is CC.CCOC(=O)c1cn(C2CCOCC2)c2cc(N3CCCC3COc3ncccc3C)c(F)cc2c1=O. The highest BCUT2D eigenvalue weighted by molar-refractivity contribution is 5.94. The van der Waals surface area contributed by atoms with Crippen molar-refractivity contribution in [2.75, 3.05) is 37.9 Å². The van der Waals surface area contributed by atoms with Crippen molar-refractivity contribution in [2.45, 2.75) is 65.5 Å². The van der Waals surface area contributed by atoms with Gasteiger partial charge in [0.15, 0.2) is 0 Å². The Balaban J connectivity index is 0.00000172. The van der Waals surface area contributed by atoms with Gasteiger partial charge in [-0.15, -0.1) is 0 Å². The van der Waals surface area contributed by atoms with E-state index in [2.05, 4.69) is 4.98 Å². The number of aromatic nitrogens is 2. The van der Waals surface area contributed by atoms with Gasteiger partial charge in [-0.2, -0.15) is 0 Å². The molecule has 1 atom stereocenters. The Hall–Kier alpha value is -3.46. The number of carbonyl (C=O) groups is 1. The first-order valence-electron chi connectivity index (χ1n) is 13.9. The van der Waals surface area contributed by atoms with Gasteiger partial charge in [-0.25, -0.2) is 14.2 Å². The Morgan fingerprint density at radius 1 is 1.21 bits per heavy atom. The molecule has 1 unspecified atom stereocenters. The van der Waals surface area contributed by atoms with Crippen LogP contribution in [0.15, 0.2) is 41.5 Å². The van der Waals surface area contributed by atoms with Crippen LogP contribution in [-0.2, 0) is 9.47 Å². The van der Waals surface area contributed by atoms with E-state index in [1.807, 2.05) is 42.4 Å². The molecule has 0 amide bonds. The maximum atomic E-state index is 15.6. The number of pyridine rings is 2. The Bertz CT molecular complexity index is 1350. The van der Waals surface area contributed by atoms with Crippen LogP contribution in [0.1, 0.15) is 68.4 Å². The molecule has 1 aromatic carbocycles. The van der Waals surface area contributed by atoms with Crippen molar-refractivity contribution in [2.24, 2.45) is 0 Å². The third kappa shape index (κ3) is 6.08. The first kappa shape index (κ1) is 28.5. The van der Waals surface area contributed by atoms with Crippen molar-refractivity contribution in [1.29, 1.82) is 0 Å². The number of carbonyl (C=O) groups excluding carboxylic acids is 1. The molecule has 5 rings (SSSR count). The number of fused-ring (bicyclic) bond motifs is 1.